The second kappa shape index (κ2) is 12.7. The van der Waals surface area contributed by atoms with Gasteiger partial charge in [-0.2, -0.15) is 0 Å². The number of nitrogens with zero attached hydrogens (tertiary/aromatic N) is 1. The van der Waals surface area contributed by atoms with Crippen LogP contribution in [0.25, 0.3) is 0 Å². The Hall–Kier alpha value is -3.03. The van der Waals surface area contributed by atoms with Crippen LogP contribution in [0, 0.1) is 5.92 Å². The molecule has 2 aromatic carbocycles. The highest BCUT2D eigenvalue weighted by atomic mass is 16.3. The lowest BCUT2D eigenvalue weighted by molar-refractivity contribution is -0.138. The fraction of sp³-hybridized carbons (Fsp3) is 0.516. The smallest absolute Gasteiger partial charge is 0.328 e. The van der Waals surface area contributed by atoms with Crippen molar-refractivity contribution in [3.63, 3.8) is 0 Å². The molecule has 1 saturated carbocycles. The molecule has 5 rings (SSSR count). The summed E-state index contributed by atoms with van der Waals surface area (Å²) in [5, 5.41) is 15.8. The van der Waals surface area contributed by atoms with Crippen molar-refractivity contribution in [1.29, 1.82) is 0 Å². The highest BCUT2D eigenvalue weighted by molar-refractivity contribution is 6.22. The van der Waals surface area contributed by atoms with Crippen molar-refractivity contribution in [3.05, 3.63) is 71.8 Å². The van der Waals surface area contributed by atoms with E-state index in [4.69, 9.17) is 0 Å². The second-order valence-corrected chi connectivity index (χ2v) is 10.8. The molecule has 38 heavy (non-hydrogen) atoms. The van der Waals surface area contributed by atoms with Gasteiger partial charge in [0.1, 0.15) is 0 Å². The Kier molecular flexibility index (Phi) is 9.34. The third kappa shape index (κ3) is 6.00. The standard InChI is InChI=1S/C19H29NO.C12H12N2O3/c21-19(17-9-3-1-4-10-17,18-11-5-2-6-12-18)13-16-20-14-7-8-15-20;1-2-12(8-6-4-3-5-7-8)9(15)13-11(17)14-10(12)16/h1,3-4,9-10,18,21H,2,5-8,11-16H2;3-7H,2H2,1H3,(H2,13,14,15,16,17). The van der Waals surface area contributed by atoms with Crippen LogP contribution < -0.4 is 10.6 Å². The molecule has 7 nitrogen and oxygen atoms in total. The van der Waals surface area contributed by atoms with Crippen LogP contribution >= 0.6 is 0 Å². The maximum Gasteiger partial charge on any atom is 0.328 e. The van der Waals surface area contributed by atoms with E-state index in [1.807, 2.05) is 6.07 Å². The van der Waals surface area contributed by atoms with Crippen molar-refractivity contribution in [3.8, 4) is 0 Å². The Bertz CT molecular complexity index is 1060. The minimum atomic E-state index is -1.31. The van der Waals surface area contributed by atoms with Crippen LogP contribution in [0.4, 0.5) is 4.79 Å². The fourth-order valence-electron chi connectivity index (χ4n) is 6.29. The number of carbonyl (C=O) groups excluding carboxylic acids is 3. The zero-order valence-corrected chi connectivity index (χ0v) is 22.5. The minimum absolute atomic E-state index is 0.294. The Morgan fingerprint density at radius 1 is 0.842 bits per heavy atom. The van der Waals surface area contributed by atoms with E-state index < -0.39 is 28.9 Å². The number of barbiturate groups is 1. The van der Waals surface area contributed by atoms with E-state index in [-0.39, 0.29) is 0 Å². The third-order valence-electron chi connectivity index (χ3n) is 8.59. The molecule has 3 N–H and O–H groups in total. The molecule has 0 radical (unpaired) electrons. The molecule has 1 atom stereocenters. The molecular weight excluding hydrogens is 478 g/mol. The molecule has 0 spiro atoms. The van der Waals surface area contributed by atoms with Crippen LogP contribution in [-0.4, -0.2) is 47.5 Å². The van der Waals surface area contributed by atoms with Crippen LogP contribution in [0.3, 0.4) is 0 Å². The molecule has 1 aliphatic carbocycles. The normalized spacial score (nSPS) is 21.6. The first-order valence-corrected chi connectivity index (χ1v) is 14.1. The molecule has 3 aliphatic rings. The Morgan fingerprint density at radius 3 is 1.95 bits per heavy atom. The number of aliphatic hydroxyl groups is 1. The third-order valence-corrected chi connectivity index (χ3v) is 8.59. The van der Waals surface area contributed by atoms with Crippen molar-refractivity contribution in [1.82, 2.24) is 15.5 Å². The number of likely N-dealkylation sites (tertiary alicyclic amines) is 1. The van der Waals surface area contributed by atoms with Crippen LogP contribution in [0.1, 0.15) is 75.8 Å². The number of amides is 4. The average molecular weight is 520 g/mol. The molecule has 2 saturated heterocycles. The topological polar surface area (TPSA) is 98.7 Å². The van der Waals surface area contributed by atoms with E-state index in [1.165, 1.54) is 58.0 Å². The molecule has 4 amide bonds. The molecule has 3 fully saturated rings. The van der Waals surface area contributed by atoms with Gasteiger partial charge in [-0.3, -0.25) is 20.2 Å². The molecule has 2 aromatic rings. The predicted molar refractivity (Wildman–Crippen MR) is 147 cm³/mol. The number of imide groups is 2. The van der Waals surface area contributed by atoms with Gasteiger partial charge in [0, 0.05) is 6.54 Å². The van der Waals surface area contributed by atoms with Gasteiger partial charge in [-0.25, -0.2) is 4.79 Å². The summed E-state index contributed by atoms with van der Waals surface area (Å²) in [6, 6.07) is 18.4. The van der Waals surface area contributed by atoms with Gasteiger partial charge in [-0.1, -0.05) is 86.8 Å². The summed E-state index contributed by atoms with van der Waals surface area (Å²) in [5.74, 6) is -0.698. The van der Waals surface area contributed by atoms with Crippen molar-refractivity contribution in [2.45, 2.75) is 75.7 Å². The van der Waals surface area contributed by atoms with Gasteiger partial charge in [0.15, 0.2) is 5.41 Å². The first-order chi connectivity index (χ1) is 18.4. The second-order valence-electron chi connectivity index (χ2n) is 10.8. The lowest BCUT2D eigenvalue weighted by Gasteiger charge is -2.40. The predicted octanol–water partition coefficient (Wildman–Crippen LogP) is 4.64. The molecule has 204 valence electrons. The highest BCUT2D eigenvalue weighted by Gasteiger charge is 2.50. The number of hydrogen-bond donors (Lipinski definition) is 3. The zero-order chi connectivity index (χ0) is 27.0. The van der Waals surface area contributed by atoms with Gasteiger partial charge in [0.05, 0.1) is 5.60 Å². The number of hydrogen-bond acceptors (Lipinski definition) is 5. The average Bonchev–Trinajstić information content (AvgIpc) is 3.48. The van der Waals surface area contributed by atoms with Crippen LogP contribution in [0.5, 0.6) is 0 Å². The molecule has 0 aromatic heterocycles. The first-order valence-electron chi connectivity index (χ1n) is 14.1. The summed E-state index contributed by atoms with van der Waals surface area (Å²) in [5.41, 5.74) is -0.208. The molecule has 7 heteroatoms. The molecule has 2 aliphatic heterocycles. The minimum Gasteiger partial charge on any atom is -0.385 e. The summed E-state index contributed by atoms with van der Waals surface area (Å²) in [6.45, 7) is 5.22. The SMILES string of the molecule is CCC1(c2ccccc2)C(=O)NC(=O)NC1=O.OC(CCN1CCCC1)(c1ccccc1)C1CCCCC1. The number of rotatable bonds is 7. The van der Waals surface area contributed by atoms with E-state index in [0.29, 0.717) is 17.9 Å². The number of nitrogens with one attached hydrogen (secondary N) is 2. The summed E-state index contributed by atoms with van der Waals surface area (Å²) in [6.07, 6.45) is 10.1. The summed E-state index contributed by atoms with van der Waals surface area (Å²) in [4.78, 5) is 37.5. The number of urea groups is 1. The molecule has 0 bridgehead atoms. The van der Waals surface area contributed by atoms with Gasteiger partial charge in [-0.15, -0.1) is 0 Å². The maximum absolute atomic E-state index is 12.0. The molecule has 1 unspecified atom stereocenters. The van der Waals surface area contributed by atoms with E-state index in [2.05, 4.69) is 39.8 Å². The quantitative estimate of drug-likeness (QED) is 0.463. The van der Waals surface area contributed by atoms with E-state index >= 15 is 0 Å². The Balaban J connectivity index is 0.000000181. The lowest BCUT2D eigenvalue weighted by atomic mass is 9.71. The molecular formula is C31H41N3O4. The van der Waals surface area contributed by atoms with Crippen molar-refractivity contribution < 1.29 is 19.5 Å². The van der Waals surface area contributed by atoms with Gasteiger partial charge in [0.2, 0.25) is 11.8 Å². The fourth-order valence-corrected chi connectivity index (χ4v) is 6.29. The largest absolute Gasteiger partial charge is 0.385 e. The van der Waals surface area contributed by atoms with Gasteiger partial charge in [0.25, 0.3) is 0 Å². The van der Waals surface area contributed by atoms with Gasteiger partial charge in [-0.05, 0) is 68.7 Å². The van der Waals surface area contributed by atoms with Crippen LogP contribution in [0.15, 0.2) is 60.7 Å². The Morgan fingerprint density at radius 2 is 1.39 bits per heavy atom. The molecule has 2 heterocycles. The number of benzene rings is 2. The van der Waals surface area contributed by atoms with Crippen LogP contribution in [0.2, 0.25) is 0 Å². The zero-order valence-electron chi connectivity index (χ0n) is 22.5. The van der Waals surface area contributed by atoms with Crippen LogP contribution in [-0.2, 0) is 20.6 Å². The van der Waals surface area contributed by atoms with Crippen molar-refractivity contribution in [2.75, 3.05) is 19.6 Å². The number of carbonyl (C=O) groups is 3. The summed E-state index contributed by atoms with van der Waals surface area (Å²) in [7, 11) is 0. The van der Waals surface area contributed by atoms with Gasteiger partial charge >= 0.3 is 6.03 Å². The highest BCUT2D eigenvalue weighted by Crippen LogP contribution is 2.42. The summed E-state index contributed by atoms with van der Waals surface area (Å²) >= 11 is 0. The first kappa shape index (κ1) is 28.0. The van der Waals surface area contributed by atoms with E-state index in [1.54, 1.807) is 37.3 Å². The van der Waals surface area contributed by atoms with E-state index in [9.17, 15) is 19.5 Å². The Labute approximate surface area is 226 Å². The lowest BCUT2D eigenvalue weighted by Crippen LogP contribution is -2.64. The summed E-state index contributed by atoms with van der Waals surface area (Å²) < 4.78 is 0. The van der Waals surface area contributed by atoms with Crippen molar-refractivity contribution in [2.24, 2.45) is 5.92 Å². The van der Waals surface area contributed by atoms with E-state index in [0.717, 1.165) is 18.5 Å². The maximum atomic E-state index is 12.0. The van der Waals surface area contributed by atoms with Gasteiger partial charge < -0.3 is 10.0 Å². The monoisotopic (exact) mass is 519 g/mol. The van der Waals surface area contributed by atoms with Crippen molar-refractivity contribution >= 4 is 17.8 Å².